The molecule has 0 aromatic carbocycles. The molecule has 6 nitrogen and oxygen atoms in total. The smallest absolute Gasteiger partial charge is 0.305 e. The zero-order valence-corrected chi connectivity index (χ0v) is 43.9. The number of rotatable bonds is 53. The SMILES string of the molecule is CCCCCC/C=C\C/C=C\CCCCCCCCCC(=O)OCCCCC/C=C\C/C=C\CCCCCCCCCC(=O)NC(CO)C(O)CCCCCCCCCCCCCCCC. The molecule has 0 aromatic rings. The Kier molecular flexibility index (Phi) is 53.6. The van der Waals surface area contributed by atoms with Crippen LogP contribution in [-0.2, 0) is 14.3 Å². The summed E-state index contributed by atoms with van der Waals surface area (Å²) >= 11 is 0. The summed E-state index contributed by atoms with van der Waals surface area (Å²) in [6, 6.07) is -0.554. The summed E-state index contributed by atoms with van der Waals surface area (Å²) in [6.07, 6.45) is 69.5. The van der Waals surface area contributed by atoms with Crippen LogP contribution in [0.4, 0.5) is 0 Å². The zero-order valence-electron chi connectivity index (χ0n) is 43.9. The van der Waals surface area contributed by atoms with Crippen molar-refractivity contribution >= 4 is 11.9 Å². The second-order valence-electron chi connectivity index (χ2n) is 19.6. The van der Waals surface area contributed by atoms with Gasteiger partial charge in [0.2, 0.25) is 5.91 Å². The minimum atomic E-state index is -0.675. The highest BCUT2D eigenvalue weighted by molar-refractivity contribution is 5.76. The third kappa shape index (κ3) is 51.2. The fourth-order valence-electron chi connectivity index (χ4n) is 8.64. The maximum atomic E-state index is 12.5. The molecule has 3 N–H and O–H groups in total. The lowest BCUT2D eigenvalue weighted by molar-refractivity contribution is -0.143. The largest absolute Gasteiger partial charge is 0.466 e. The molecule has 0 rings (SSSR count). The normalized spacial score (nSPS) is 13.0. The molecular formula is C60H111NO5. The van der Waals surface area contributed by atoms with Gasteiger partial charge in [0.25, 0.3) is 0 Å². The van der Waals surface area contributed by atoms with Crippen LogP contribution in [0.5, 0.6) is 0 Å². The van der Waals surface area contributed by atoms with Gasteiger partial charge in [-0.25, -0.2) is 0 Å². The number of allylic oxidation sites excluding steroid dienone is 8. The monoisotopic (exact) mass is 926 g/mol. The first-order valence-electron chi connectivity index (χ1n) is 28.9. The Morgan fingerprint density at radius 3 is 1.17 bits per heavy atom. The van der Waals surface area contributed by atoms with Crippen LogP contribution in [0.2, 0.25) is 0 Å². The van der Waals surface area contributed by atoms with Crippen molar-refractivity contribution in [3.63, 3.8) is 0 Å². The van der Waals surface area contributed by atoms with Crippen molar-refractivity contribution in [2.24, 2.45) is 0 Å². The van der Waals surface area contributed by atoms with Crippen molar-refractivity contribution in [2.75, 3.05) is 13.2 Å². The maximum Gasteiger partial charge on any atom is 0.305 e. The van der Waals surface area contributed by atoms with Crippen LogP contribution in [0.3, 0.4) is 0 Å². The average molecular weight is 927 g/mol. The second-order valence-corrected chi connectivity index (χ2v) is 19.6. The van der Waals surface area contributed by atoms with Gasteiger partial charge in [0, 0.05) is 12.8 Å². The molecular weight excluding hydrogens is 815 g/mol. The van der Waals surface area contributed by atoms with E-state index in [1.807, 2.05) is 0 Å². The summed E-state index contributed by atoms with van der Waals surface area (Å²) in [5.41, 5.74) is 0. The summed E-state index contributed by atoms with van der Waals surface area (Å²) in [5.74, 6) is -0.0748. The Hall–Kier alpha value is -2.18. The van der Waals surface area contributed by atoms with Gasteiger partial charge in [-0.15, -0.1) is 0 Å². The van der Waals surface area contributed by atoms with Gasteiger partial charge in [0.1, 0.15) is 0 Å². The number of hydrogen-bond acceptors (Lipinski definition) is 5. The van der Waals surface area contributed by atoms with Gasteiger partial charge in [-0.2, -0.15) is 0 Å². The van der Waals surface area contributed by atoms with Gasteiger partial charge in [-0.05, 0) is 96.3 Å². The number of esters is 1. The summed E-state index contributed by atoms with van der Waals surface area (Å²) in [6.45, 7) is 4.89. The van der Waals surface area contributed by atoms with Crippen molar-refractivity contribution in [1.82, 2.24) is 5.32 Å². The molecule has 0 fully saturated rings. The molecule has 1 amide bonds. The molecule has 2 atom stereocenters. The van der Waals surface area contributed by atoms with E-state index in [-0.39, 0.29) is 18.5 Å². The van der Waals surface area contributed by atoms with Gasteiger partial charge in [-0.1, -0.05) is 236 Å². The first-order chi connectivity index (χ1) is 32.5. The van der Waals surface area contributed by atoms with Crippen molar-refractivity contribution in [2.45, 2.75) is 309 Å². The van der Waals surface area contributed by atoms with Crippen LogP contribution in [0.25, 0.3) is 0 Å². The zero-order chi connectivity index (χ0) is 47.9. The van der Waals surface area contributed by atoms with E-state index in [9.17, 15) is 19.8 Å². The molecule has 0 saturated carbocycles. The molecule has 66 heavy (non-hydrogen) atoms. The van der Waals surface area contributed by atoms with Gasteiger partial charge in [0.05, 0.1) is 25.4 Å². The van der Waals surface area contributed by atoms with E-state index >= 15 is 0 Å². The number of carbonyl (C=O) groups excluding carboxylic acids is 2. The van der Waals surface area contributed by atoms with E-state index in [0.717, 1.165) is 89.9 Å². The predicted octanol–water partition coefficient (Wildman–Crippen LogP) is 17.8. The molecule has 0 aliphatic heterocycles. The van der Waals surface area contributed by atoms with Crippen LogP contribution in [0.15, 0.2) is 48.6 Å². The molecule has 386 valence electrons. The standard InChI is InChI=1S/C60H111NO5/c1-3-5-7-9-11-13-15-17-19-20-23-26-30-34-38-42-46-50-54-60(65)66-55-51-47-43-39-35-31-27-24-21-22-25-29-33-37-41-45-49-53-59(64)61-57(56-62)58(63)52-48-44-40-36-32-28-18-16-14-12-10-8-6-4-2/h13,15,19-21,24,31,35,57-58,62-63H,3-12,14,16-18,22-23,25-30,32-34,36-56H2,1-2H3,(H,61,64)/b15-13-,20-19-,24-21-,35-31-. The van der Waals surface area contributed by atoms with Crippen molar-refractivity contribution in [1.29, 1.82) is 0 Å². The second kappa shape index (κ2) is 55.4. The van der Waals surface area contributed by atoms with E-state index in [0.29, 0.717) is 25.9 Å². The number of ether oxygens (including phenoxy) is 1. The molecule has 2 unspecified atom stereocenters. The number of nitrogens with one attached hydrogen (secondary N) is 1. The number of unbranched alkanes of at least 4 members (excludes halogenated alkanes) is 34. The molecule has 0 aliphatic rings. The Morgan fingerprint density at radius 1 is 0.424 bits per heavy atom. The van der Waals surface area contributed by atoms with E-state index in [4.69, 9.17) is 4.74 Å². The summed E-state index contributed by atoms with van der Waals surface area (Å²) < 4.78 is 5.46. The van der Waals surface area contributed by atoms with Crippen LogP contribution in [0.1, 0.15) is 296 Å². The summed E-state index contributed by atoms with van der Waals surface area (Å²) in [7, 11) is 0. The van der Waals surface area contributed by atoms with Crippen LogP contribution in [0, 0.1) is 0 Å². The fourth-order valence-corrected chi connectivity index (χ4v) is 8.64. The van der Waals surface area contributed by atoms with Crippen molar-refractivity contribution < 1.29 is 24.5 Å². The highest BCUT2D eigenvalue weighted by Gasteiger charge is 2.20. The third-order valence-electron chi connectivity index (χ3n) is 13.1. The minimum Gasteiger partial charge on any atom is -0.466 e. The first kappa shape index (κ1) is 63.8. The number of aliphatic hydroxyl groups is 2. The topological polar surface area (TPSA) is 95.9 Å². The fraction of sp³-hybridized carbons (Fsp3) is 0.833. The highest BCUT2D eigenvalue weighted by atomic mass is 16.5. The van der Waals surface area contributed by atoms with E-state index in [1.165, 1.54) is 173 Å². The molecule has 6 heteroatoms. The molecule has 0 aliphatic carbocycles. The van der Waals surface area contributed by atoms with Gasteiger partial charge < -0.3 is 20.3 Å². The van der Waals surface area contributed by atoms with Gasteiger partial charge >= 0.3 is 5.97 Å². The Bertz CT molecular complexity index is 1110. The molecule has 0 heterocycles. The first-order valence-corrected chi connectivity index (χ1v) is 28.9. The number of hydrogen-bond donors (Lipinski definition) is 3. The molecule has 0 spiro atoms. The van der Waals surface area contributed by atoms with E-state index < -0.39 is 12.1 Å². The van der Waals surface area contributed by atoms with Crippen molar-refractivity contribution in [3.8, 4) is 0 Å². The van der Waals surface area contributed by atoms with Crippen LogP contribution >= 0.6 is 0 Å². The lowest BCUT2D eigenvalue weighted by Gasteiger charge is -2.22. The molecule has 0 radical (unpaired) electrons. The predicted molar refractivity (Wildman–Crippen MR) is 287 cm³/mol. The summed E-state index contributed by atoms with van der Waals surface area (Å²) in [4.78, 5) is 24.5. The number of aliphatic hydroxyl groups excluding tert-OH is 2. The van der Waals surface area contributed by atoms with Gasteiger partial charge in [-0.3, -0.25) is 9.59 Å². The minimum absolute atomic E-state index is 0.0232. The summed E-state index contributed by atoms with van der Waals surface area (Å²) in [5, 5.41) is 23.2. The Labute approximate surface area is 410 Å². The lowest BCUT2D eigenvalue weighted by Crippen LogP contribution is -2.45. The van der Waals surface area contributed by atoms with Crippen LogP contribution < -0.4 is 5.32 Å². The molecule has 0 aromatic heterocycles. The van der Waals surface area contributed by atoms with Gasteiger partial charge in [0.15, 0.2) is 0 Å². The molecule has 0 saturated heterocycles. The quantitative estimate of drug-likeness (QED) is 0.0321. The number of amides is 1. The van der Waals surface area contributed by atoms with E-state index in [2.05, 4.69) is 67.8 Å². The van der Waals surface area contributed by atoms with Crippen molar-refractivity contribution in [3.05, 3.63) is 48.6 Å². The average Bonchev–Trinajstić information content (AvgIpc) is 3.32. The van der Waals surface area contributed by atoms with Crippen LogP contribution in [-0.4, -0.2) is 47.4 Å². The Balaban J connectivity index is 3.50. The third-order valence-corrected chi connectivity index (χ3v) is 13.1. The highest BCUT2D eigenvalue weighted by Crippen LogP contribution is 2.16. The maximum absolute atomic E-state index is 12.5. The number of carbonyl (C=O) groups is 2. The van der Waals surface area contributed by atoms with E-state index in [1.54, 1.807) is 0 Å². The molecule has 0 bridgehead atoms. The Morgan fingerprint density at radius 2 is 0.758 bits per heavy atom. The lowest BCUT2D eigenvalue weighted by atomic mass is 10.0.